The summed E-state index contributed by atoms with van der Waals surface area (Å²) in [7, 11) is 0. The zero-order chi connectivity index (χ0) is 11.7. The Labute approximate surface area is 91.7 Å². The first kappa shape index (κ1) is 14.4. The number of carboxylic acids is 1. The van der Waals surface area contributed by atoms with Crippen LogP contribution in [0.4, 0.5) is 0 Å². The molecule has 0 radical (unpaired) electrons. The van der Waals surface area contributed by atoms with Crippen LogP contribution in [0.3, 0.4) is 0 Å². The normalized spacial score (nSPS) is 14.9. The Kier molecular flexibility index (Phi) is 7.34. The SMILES string of the molecule is CCC(C)(O)CNCCCCCC(=O)O. The highest BCUT2D eigenvalue weighted by Gasteiger charge is 2.15. The molecule has 0 aromatic rings. The Morgan fingerprint density at radius 3 is 2.53 bits per heavy atom. The molecule has 0 aromatic carbocycles. The van der Waals surface area contributed by atoms with Crippen molar-refractivity contribution in [3.63, 3.8) is 0 Å². The fourth-order valence-corrected chi connectivity index (χ4v) is 1.19. The highest BCUT2D eigenvalue weighted by atomic mass is 16.4. The highest BCUT2D eigenvalue weighted by molar-refractivity contribution is 5.66. The molecule has 0 aliphatic heterocycles. The van der Waals surface area contributed by atoms with Crippen molar-refractivity contribution < 1.29 is 15.0 Å². The van der Waals surface area contributed by atoms with Crippen molar-refractivity contribution in [3.8, 4) is 0 Å². The number of carboxylic acid groups (broad SMARTS) is 1. The Balaban J connectivity index is 3.22. The van der Waals surface area contributed by atoms with Crippen LogP contribution in [0.1, 0.15) is 46.0 Å². The summed E-state index contributed by atoms with van der Waals surface area (Å²) in [6.45, 7) is 5.21. The number of hydrogen-bond acceptors (Lipinski definition) is 3. The minimum atomic E-state index is -0.725. The van der Waals surface area contributed by atoms with Gasteiger partial charge in [0.05, 0.1) is 5.60 Å². The molecule has 0 fully saturated rings. The molecule has 0 saturated heterocycles. The van der Waals surface area contributed by atoms with E-state index in [4.69, 9.17) is 5.11 Å². The summed E-state index contributed by atoms with van der Waals surface area (Å²) < 4.78 is 0. The van der Waals surface area contributed by atoms with E-state index in [-0.39, 0.29) is 6.42 Å². The van der Waals surface area contributed by atoms with E-state index in [1.54, 1.807) is 0 Å². The van der Waals surface area contributed by atoms with Gasteiger partial charge in [-0.05, 0) is 32.7 Å². The average molecular weight is 217 g/mol. The topological polar surface area (TPSA) is 69.6 Å². The molecule has 0 heterocycles. The summed E-state index contributed by atoms with van der Waals surface area (Å²) in [4.78, 5) is 10.2. The van der Waals surface area contributed by atoms with Crippen LogP contribution in [0.5, 0.6) is 0 Å². The van der Waals surface area contributed by atoms with Gasteiger partial charge >= 0.3 is 5.97 Å². The largest absolute Gasteiger partial charge is 0.481 e. The Hall–Kier alpha value is -0.610. The van der Waals surface area contributed by atoms with Crippen molar-refractivity contribution in [3.05, 3.63) is 0 Å². The summed E-state index contributed by atoms with van der Waals surface area (Å²) in [5.41, 5.74) is -0.624. The number of aliphatic carboxylic acids is 1. The predicted molar refractivity (Wildman–Crippen MR) is 59.9 cm³/mol. The lowest BCUT2D eigenvalue weighted by Crippen LogP contribution is -2.37. The molecule has 4 nitrogen and oxygen atoms in total. The maximum atomic E-state index is 10.2. The fourth-order valence-electron chi connectivity index (χ4n) is 1.19. The Morgan fingerprint density at radius 1 is 1.33 bits per heavy atom. The quantitative estimate of drug-likeness (QED) is 0.510. The molecule has 0 spiro atoms. The fraction of sp³-hybridized carbons (Fsp3) is 0.909. The second kappa shape index (κ2) is 7.65. The molecule has 1 unspecified atom stereocenters. The standard InChI is InChI=1S/C11H23NO3/c1-3-11(2,15)9-12-8-6-4-5-7-10(13)14/h12,15H,3-9H2,1-2H3,(H,13,14). The number of hydrogen-bond donors (Lipinski definition) is 3. The Bertz CT molecular complexity index is 181. The third-order valence-corrected chi connectivity index (χ3v) is 2.51. The van der Waals surface area contributed by atoms with Crippen molar-refractivity contribution in [1.29, 1.82) is 0 Å². The molecule has 0 aromatic heterocycles. The van der Waals surface area contributed by atoms with Gasteiger partial charge in [0.15, 0.2) is 0 Å². The van der Waals surface area contributed by atoms with E-state index < -0.39 is 11.6 Å². The summed E-state index contributed by atoms with van der Waals surface area (Å²) >= 11 is 0. The molecule has 90 valence electrons. The van der Waals surface area contributed by atoms with Gasteiger partial charge in [0, 0.05) is 13.0 Å². The number of unbranched alkanes of at least 4 members (excludes halogenated alkanes) is 2. The first-order chi connectivity index (χ1) is 6.98. The number of carbonyl (C=O) groups is 1. The minimum Gasteiger partial charge on any atom is -0.481 e. The maximum absolute atomic E-state index is 10.2. The van der Waals surface area contributed by atoms with Crippen LogP contribution >= 0.6 is 0 Å². The van der Waals surface area contributed by atoms with E-state index >= 15 is 0 Å². The zero-order valence-corrected chi connectivity index (χ0v) is 9.75. The number of aliphatic hydroxyl groups is 1. The van der Waals surface area contributed by atoms with Crippen LogP contribution in [0, 0.1) is 0 Å². The molecule has 1 atom stereocenters. The predicted octanol–water partition coefficient (Wildman–Crippen LogP) is 1.38. The summed E-state index contributed by atoms with van der Waals surface area (Å²) in [6.07, 6.45) is 3.62. The van der Waals surface area contributed by atoms with E-state index in [1.165, 1.54) is 0 Å². The van der Waals surface area contributed by atoms with Crippen molar-refractivity contribution >= 4 is 5.97 Å². The van der Waals surface area contributed by atoms with E-state index in [9.17, 15) is 9.90 Å². The summed E-state index contributed by atoms with van der Waals surface area (Å²) in [5, 5.41) is 21.2. The van der Waals surface area contributed by atoms with Gasteiger partial charge in [-0.3, -0.25) is 4.79 Å². The van der Waals surface area contributed by atoms with Crippen molar-refractivity contribution in [2.24, 2.45) is 0 Å². The van der Waals surface area contributed by atoms with Crippen LogP contribution < -0.4 is 5.32 Å². The maximum Gasteiger partial charge on any atom is 0.303 e. The van der Waals surface area contributed by atoms with Crippen LogP contribution in [0.25, 0.3) is 0 Å². The smallest absolute Gasteiger partial charge is 0.303 e. The monoisotopic (exact) mass is 217 g/mol. The van der Waals surface area contributed by atoms with Crippen LogP contribution in [-0.2, 0) is 4.79 Å². The van der Waals surface area contributed by atoms with Gasteiger partial charge in [-0.15, -0.1) is 0 Å². The minimum absolute atomic E-state index is 0.257. The molecule has 4 heteroatoms. The lowest BCUT2D eigenvalue weighted by Gasteiger charge is -2.21. The van der Waals surface area contributed by atoms with Crippen molar-refractivity contribution in [1.82, 2.24) is 5.32 Å². The van der Waals surface area contributed by atoms with E-state index in [1.807, 2.05) is 13.8 Å². The molecule has 3 N–H and O–H groups in total. The van der Waals surface area contributed by atoms with E-state index in [0.717, 1.165) is 32.2 Å². The van der Waals surface area contributed by atoms with Gasteiger partial charge in [0.2, 0.25) is 0 Å². The third-order valence-electron chi connectivity index (χ3n) is 2.51. The number of rotatable bonds is 9. The average Bonchev–Trinajstić information content (AvgIpc) is 2.16. The van der Waals surface area contributed by atoms with Gasteiger partial charge in [-0.2, -0.15) is 0 Å². The van der Waals surface area contributed by atoms with Crippen molar-refractivity contribution in [2.45, 2.75) is 51.6 Å². The Morgan fingerprint density at radius 2 is 2.00 bits per heavy atom. The third kappa shape index (κ3) is 9.69. The molecule has 0 aliphatic rings. The van der Waals surface area contributed by atoms with Crippen LogP contribution in [0.15, 0.2) is 0 Å². The van der Waals surface area contributed by atoms with Crippen LogP contribution in [-0.4, -0.2) is 34.9 Å². The molecular formula is C11H23NO3. The second-order valence-corrected chi connectivity index (χ2v) is 4.23. The molecule has 15 heavy (non-hydrogen) atoms. The van der Waals surface area contributed by atoms with Gasteiger partial charge in [-0.1, -0.05) is 13.3 Å². The molecule has 0 aliphatic carbocycles. The van der Waals surface area contributed by atoms with E-state index in [2.05, 4.69) is 5.32 Å². The summed E-state index contributed by atoms with van der Waals surface area (Å²) in [6, 6.07) is 0. The summed E-state index contributed by atoms with van der Waals surface area (Å²) in [5.74, 6) is -0.725. The molecule has 0 bridgehead atoms. The highest BCUT2D eigenvalue weighted by Crippen LogP contribution is 2.06. The molecule has 0 rings (SSSR count). The zero-order valence-electron chi connectivity index (χ0n) is 9.75. The second-order valence-electron chi connectivity index (χ2n) is 4.23. The number of nitrogens with one attached hydrogen (secondary N) is 1. The van der Waals surface area contributed by atoms with Gasteiger partial charge < -0.3 is 15.5 Å². The first-order valence-electron chi connectivity index (χ1n) is 5.63. The lowest BCUT2D eigenvalue weighted by atomic mass is 10.0. The molecular weight excluding hydrogens is 194 g/mol. The molecule has 0 amide bonds. The molecule has 0 saturated carbocycles. The van der Waals surface area contributed by atoms with Gasteiger partial charge in [0.1, 0.15) is 0 Å². The van der Waals surface area contributed by atoms with Crippen LogP contribution in [0.2, 0.25) is 0 Å². The van der Waals surface area contributed by atoms with Gasteiger partial charge in [-0.25, -0.2) is 0 Å². The lowest BCUT2D eigenvalue weighted by molar-refractivity contribution is -0.137. The van der Waals surface area contributed by atoms with E-state index in [0.29, 0.717) is 6.54 Å². The van der Waals surface area contributed by atoms with Gasteiger partial charge in [0.25, 0.3) is 0 Å². The van der Waals surface area contributed by atoms with Crippen molar-refractivity contribution in [2.75, 3.05) is 13.1 Å². The first-order valence-corrected chi connectivity index (χ1v) is 5.63.